The molecule has 0 aliphatic heterocycles. The summed E-state index contributed by atoms with van der Waals surface area (Å²) in [6.45, 7) is 1.84. The second kappa shape index (κ2) is 4.11. The van der Waals surface area contributed by atoms with Crippen LogP contribution in [-0.2, 0) is 0 Å². The predicted molar refractivity (Wildman–Crippen MR) is 52.0 cm³/mol. The lowest BCUT2D eigenvalue weighted by molar-refractivity contribution is -0.0481. The van der Waals surface area contributed by atoms with Crippen LogP contribution in [0.15, 0.2) is 0 Å². The van der Waals surface area contributed by atoms with Crippen molar-refractivity contribution < 1.29 is 10.2 Å². The summed E-state index contributed by atoms with van der Waals surface area (Å²) < 4.78 is -1.05. The molecule has 0 heterocycles. The average molecular weight is 200 g/mol. The number of hydrogen-bond donors (Lipinski definition) is 5. The van der Waals surface area contributed by atoms with Gasteiger partial charge in [0.2, 0.25) is 0 Å². The van der Waals surface area contributed by atoms with Gasteiger partial charge in [0, 0.05) is 5.25 Å². The number of thiol groups is 3. The van der Waals surface area contributed by atoms with Gasteiger partial charge in [-0.15, -0.1) is 0 Å². The van der Waals surface area contributed by atoms with Crippen molar-refractivity contribution >= 4 is 37.9 Å². The summed E-state index contributed by atoms with van der Waals surface area (Å²) in [5.74, 6) is 0. The highest BCUT2D eigenvalue weighted by molar-refractivity contribution is 8.00. The molecule has 0 saturated heterocycles. The molecule has 0 aromatic heterocycles. The van der Waals surface area contributed by atoms with Crippen LogP contribution in [0.3, 0.4) is 0 Å². The molecular formula is C5H12O2S3. The lowest BCUT2D eigenvalue weighted by Crippen LogP contribution is -2.33. The van der Waals surface area contributed by atoms with E-state index in [2.05, 4.69) is 37.9 Å². The van der Waals surface area contributed by atoms with Crippen LogP contribution in [0, 0.1) is 0 Å². The van der Waals surface area contributed by atoms with Crippen LogP contribution in [0.2, 0.25) is 0 Å². The molecule has 0 rings (SSSR count). The van der Waals surface area contributed by atoms with Gasteiger partial charge in [0.25, 0.3) is 0 Å². The summed E-state index contributed by atoms with van der Waals surface area (Å²) in [5.41, 5.74) is 0. The van der Waals surface area contributed by atoms with Gasteiger partial charge in [-0.05, 0) is 6.42 Å². The van der Waals surface area contributed by atoms with Crippen molar-refractivity contribution in [2.24, 2.45) is 0 Å². The van der Waals surface area contributed by atoms with Crippen molar-refractivity contribution in [1.82, 2.24) is 0 Å². The summed E-state index contributed by atoms with van der Waals surface area (Å²) in [4.78, 5) is 0. The maximum atomic E-state index is 8.70. The van der Waals surface area contributed by atoms with E-state index in [4.69, 9.17) is 10.2 Å². The maximum Gasteiger partial charge on any atom is 0.175 e. The van der Waals surface area contributed by atoms with Crippen LogP contribution in [0.25, 0.3) is 0 Å². The third-order valence-corrected chi connectivity index (χ3v) is 2.02. The molecule has 0 aromatic rings. The van der Waals surface area contributed by atoms with Gasteiger partial charge in [-0.3, -0.25) is 0 Å². The lowest BCUT2D eigenvalue weighted by Gasteiger charge is -2.25. The van der Waals surface area contributed by atoms with Crippen molar-refractivity contribution in [3.63, 3.8) is 0 Å². The number of aliphatic hydroxyl groups excluding tert-OH is 1. The van der Waals surface area contributed by atoms with E-state index in [1.807, 2.05) is 6.92 Å². The first-order valence-corrected chi connectivity index (χ1v) is 4.26. The highest BCUT2D eigenvalue weighted by Gasteiger charge is 2.29. The summed E-state index contributed by atoms with van der Waals surface area (Å²) in [7, 11) is 0. The fourth-order valence-electron chi connectivity index (χ4n) is 0.540. The van der Waals surface area contributed by atoms with E-state index in [0.29, 0.717) is 6.42 Å². The Bertz CT molecular complexity index is 103. The quantitative estimate of drug-likeness (QED) is 0.341. The van der Waals surface area contributed by atoms with Crippen molar-refractivity contribution in [3.8, 4) is 0 Å². The molecule has 2 N–H and O–H groups in total. The third-order valence-electron chi connectivity index (χ3n) is 1.01. The molecule has 10 heavy (non-hydrogen) atoms. The second-order valence-electron chi connectivity index (χ2n) is 2.31. The molecule has 0 amide bonds. The highest BCUT2D eigenvalue weighted by atomic mass is 32.2. The molecular weight excluding hydrogens is 188 g/mol. The molecule has 0 aliphatic carbocycles. The minimum Gasteiger partial charge on any atom is -0.366 e. The van der Waals surface area contributed by atoms with Crippen LogP contribution in [-0.4, -0.2) is 25.8 Å². The number of rotatable bonds is 3. The number of aliphatic hydroxyl groups is 2. The molecule has 0 spiro atoms. The summed E-state index contributed by atoms with van der Waals surface area (Å²) >= 11 is 11.9. The monoisotopic (exact) mass is 200 g/mol. The average Bonchev–Trinajstić information content (AvgIpc) is 1.60. The van der Waals surface area contributed by atoms with Crippen LogP contribution >= 0.6 is 37.9 Å². The first kappa shape index (κ1) is 11.0. The van der Waals surface area contributed by atoms with Gasteiger partial charge < -0.3 is 10.2 Å². The van der Waals surface area contributed by atoms with E-state index in [1.165, 1.54) is 0 Å². The van der Waals surface area contributed by atoms with E-state index in [9.17, 15) is 0 Å². The van der Waals surface area contributed by atoms with Gasteiger partial charge in [-0.2, -0.15) is 37.9 Å². The normalized spacial score (nSPS) is 15.9. The molecule has 0 bridgehead atoms. The van der Waals surface area contributed by atoms with Crippen LogP contribution in [0.4, 0.5) is 0 Å². The third kappa shape index (κ3) is 3.98. The van der Waals surface area contributed by atoms with Gasteiger partial charge in [0.05, 0.1) is 0 Å². The Labute approximate surface area is 77.3 Å². The van der Waals surface area contributed by atoms with Crippen molar-refractivity contribution in [1.29, 1.82) is 0 Å². The number of hydrogen-bond acceptors (Lipinski definition) is 5. The predicted octanol–water partition coefficient (Wildman–Crippen LogP) is 0.561. The Hall–Kier alpha value is 0.970. The maximum absolute atomic E-state index is 8.70. The standard InChI is InChI=1S/C5H12O2S3/c1-3(8)2-5(9,10)4(6)7/h3-4,6-10H,2H2,1H3. The zero-order valence-corrected chi connectivity index (χ0v) is 8.28. The Morgan fingerprint density at radius 3 is 1.90 bits per heavy atom. The molecule has 2 nitrogen and oxygen atoms in total. The Balaban J connectivity index is 3.87. The Morgan fingerprint density at radius 2 is 1.80 bits per heavy atom. The van der Waals surface area contributed by atoms with Gasteiger partial charge >= 0.3 is 0 Å². The summed E-state index contributed by atoms with van der Waals surface area (Å²) in [5, 5.41) is 17.4. The van der Waals surface area contributed by atoms with E-state index in [1.54, 1.807) is 0 Å². The van der Waals surface area contributed by atoms with Crippen molar-refractivity contribution in [2.75, 3.05) is 0 Å². The molecule has 1 atom stereocenters. The molecule has 1 unspecified atom stereocenters. The van der Waals surface area contributed by atoms with Crippen molar-refractivity contribution in [2.45, 2.75) is 29.0 Å². The van der Waals surface area contributed by atoms with Gasteiger partial charge in [-0.1, -0.05) is 6.92 Å². The minimum absolute atomic E-state index is 0.0526. The molecule has 0 radical (unpaired) electrons. The van der Waals surface area contributed by atoms with Crippen LogP contribution < -0.4 is 0 Å². The van der Waals surface area contributed by atoms with Gasteiger partial charge in [-0.25, -0.2) is 0 Å². The van der Waals surface area contributed by atoms with Crippen LogP contribution in [0.5, 0.6) is 0 Å². The molecule has 62 valence electrons. The highest BCUT2D eigenvalue weighted by Crippen LogP contribution is 2.29. The SMILES string of the molecule is CC(S)CC(S)(S)C(O)O. The van der Waals surface area contributed by atoms with Crippen LogP contribution in [0.1, 0.15) is 13.3 Å². The van der Waals surface area contributed by atoms with E-state index in [-0.39, 0.29) is 5.25 Å². The zero-order chi connectivity index (χ0) is 8.36. The van der Waals surface area contributed by atoms with Crippen molar-refractivity contribution in [3.05, 3.63) is 0 Å². The zero-order valence-electron chi connectivity index (χ0n) is 5.60. The molecule has 0 aliphatic rings. The van der Waals surface area contributed by atoms with E-state index >= 15 is 0 Å². The Kier molecular flexibility index (Phi) is 4.51. The minimum atomic E-state index is -1.52. The topological polar surface area (TPSA) is 40.5 Å². The molecule has 0 saturated carbocycles. The van der Waals surface area contributed by atoms with Gasteiger partial charge in [0.1, 0.15) is 4.08 Å². The fourth-order valence-corrected chi connectivity index (χ4v) is 1.66. The first-order chi connectivity index (χ1) is 4.36. The van der Waals surface area contributed by atoms with E-state index < -0.39 is 10.4 Å². The fraction of sp³-hybridized carbons (Fsp3) is 1.00. The molecule has 5 heteroatoms. The van der Waals surface area contributed by atoms with E-state index in [0.717, 1.165) is 0 Å². The molecule has 0 aromatic carbocycles. The summed E-state index contributed by atoms with van der Waals surface area (Å²) in [6.07, 6.45) is -1.09. The first-order valence-electron chi connectivity index (χ1n) is 2.85. The Morgan fingerprint density at radius 1 is 1.40 bits per heavy atom. The van der Waals surface area contributed by atoms with Gasteiger partial charge in [0.15, 0.2) is 6.29 Å². The lowest BCUT2D eigenvalue weighted by atomic mass is 10.2. The molecule has 0 fully saturated rings. The second-order valence-corrected chi connectivity index (χ2v) is 5.14. The summed E-state index contributed by atoms with van der Waals surface area (Å²) in [6, 6.07) is 0. The smallest absolute Gasteiger partial charge is 0.175 e. The largest absolute Gasteiger partial charge is 0.366 e.